The van der Waals surface area contributed by atoms with Crippen LogP contribution in [0.2, 0.25) is 0 Å². The number of hydrogen-bond donors (Lipinski definition) is 2. The molecule has 0 aromatic heterocycles. The molecule has 15 heteroatoms. The third kappa shape index (κ3) is 23.2. The Kier molecular flexibility index (Phi) is 32.4. The number of unbranched alkanes of at least 4 members (excludes halogenated alkanes) is 6. The molecule has 0 bridgehead atoms. The Labute approximate surface area is 520 Å². The van der Waals surface area contributed by atoms with Crippen molar-refractivity contribution >= 4 is 62.5 Å². The van der Waals surface area contributed by atoms with Gasteiger partial charge in [0.1, 0.15) is 12.6 Å². The molecule has 6 aromatic carbocycles. The molecule has 12 nitrogen and oxygen atoms in total. The fourth-order valence-corrected chi connectivity index (χ4v) is 10.3. The number of aliphatic imine (C=N–C) groups is 2. The van der Waals surface area contributed by atoms with Crippen molar-refractivity contribution in [2.75, 3.05) is 25.0 Å². The van der Waals surface area contributed by atoms with Crippen LogP contribution >= 0.6 is 15.9 Å². The molecule has 2 N–H and O–H groups in total. The predicted molar refractivity (Wildman–Crippen MR) is 333 cm³/mol. The third-order valence-electron chi connectivity index (χ3n) is 14.0. The van der Waals surface area contributed by atoms with Crippen LogP contribution in [-0.4, -0.2) is 98.3 Å². The Bertz CT molecular complexity index is 2970. The number of para-hydroxylation sites is 2. The van der Waals surface area contributed by atoms with Gasteiger partial charge in [-0.25, -0.2) is 4.79 Å². The number of aliphatic carboxylic acids is 2. The van der Waals surface area contributed by atoms with Gasteiger partial charge in [0.2, 0.25) is 0 Å². The molecule has 2 fully saturated rings. The summed E-state index contributed by atoms with van der Waals surface area (Å²) in [5.74, 6) is -2.33. The number of likely N-dealkylation sites (tertiary alicyclic amines) is 2. The summed E-state index contributed by atoms with van der Waals surface area (Å²) >= 11 is 3.38. The summed E-state index contributed by atoms with van der Waals surface area (Å²) in [5, 5.41) is 29.4. The number of halogens is 1. The predicted octanol–water partition coefficient (Wildman–Crippen LogP) is 15.2. The maximum atomic E-state index is 13.5. The van der Waals surface area contributed by atoms with E-state index in [9.17, 15) is 29.4 Å². The molecule has 0 saturated carbocycles. The number of hydrogen-bond acceptors (Lipinski definition) is 8. The van der Waals surface area contributed by atoms with E-state index in [0.717, 1.165) is 80.9 Å². The van der Waals surface area contributed by atoms with Crippen molar-refractivity contribution in [2.24, 2.45) is 9.98 Å². The SMILES string of the molecule is C=CCCCCCBr.C=CCCCCC[C@H](N=C(c1ccccc1)c1ccccc1[N-]C(=O)[C@@H]1CCCN1Cc1ccccc1)C(=O)O.O=C(O)CN=C(c1ccccc1)c1ccccc1[N-]C(=O)[C@@H]1CCCN1Cc1ccccc1.[Ni].[Ni]. The minimum absolute atomic E-state index is 0. The van der Waals surface area contributed by atoms with Gasteiger partial charge in [-0.15, -0.1) is 24.5 Å². The van der Waals surface area contributed by atoms with E-state index >= 15 is 0 Å². The average molecular weight is 1270 g/mol. The molecule has 3 atom stereocenters. The number of rotatable bonds is 27. The molecule has 2 aliphatic heterocycles. The fourth-order valence-electron chi connectivity index (χ4n) is 9.89. The molecular weight excluding hydrogens is 1190 g/mol. The zero-order valence-electron chi connectivity index (χ0n) is 47.1. The first-order valence-electron chi connectivity index (χ1n) is 28.3. The van der Waals surface area contributed by atoms with Crippen LogP contribution < -0.4 is 0 Å². The largest absolute Gasteiger partial charge is 0.625 e. The average Bonchev–Trinajstić information content (AvgIpc) is 4.33. The summed E-state index contributed by atoms with van der Waals surface area (Å²) < 4.78 is 0. The second-order valence-electron chi connectivity index (χ2n) is 20.0. The zero-order valence-corrected chi connectivity index (χ0v) is 50.7. The van der Waals surface area contributed by atoms with Crippen LogP contribution in [0.4, 0.5) is 11.4 Å². The summed E-state index contributed by atoms with van der Waals surface area (Å²) in [5.41, 5.74) is 7.28. The summed E-state index contributed by atoms with van der Waals surface area (Å²) in [4.78, 5) is 63.7. The monoisotopic (exact) mass is 1270 g/mol. The van der Waals surface area contributed by atoms with Crippen molar-refractivity contribution in [1.82, 2.24) is 9.80 Å². The van der Waals surface area contributed by atoms with Gasteiger partial charge < -0.3 is 30.4 Å². The molecule has 2 amide bonds. The maximum Gasteiger partial charge on any atom is 0.328 e. The fraction of sp³-hybridized carbons (Fsp3) is 0.324. The number of alkyl halides is 1. The van der Waals surface area contributed by atoms with E-state index in [1.165, 1.54) is 36.8 Å². The molecule has 83 heavy (non-hydrogen) atoms. The molecule has 2 aliphatic rings. The van der Waals surface area contributed by atoms with Crippen LogP contribution in [0.25, 0.3) is 10.6 Å². The van der Waals surface area contributed by atoms with E-state index in [0.29, 0.717) is 53.4 Å². The van der Waals surface area contributed by atoms with E-state index in [1.54, 1.807) is 6.07 Å². The number of benzene rings is 6. The van der Waals surface area contributed by atoms with Crippen molar-refractivity contribution in [3.63, 3.8) is 0 Å². The van der Waals surface area contributed by atoms with Gasteiger partial charge >= 0.3 is 11.9 Å². The molecule has 0 radical (unpaired) electrons. The maximum absolute atomic E-state index is 13.5. The summed E-state index contributed by atoms with van der Waals surface area (Å²) in [6.45, 7) is 10.2. The number of amides is 2. The number of carbonyl (C=O) groups excluding carboxylic acids is 2. The first-order chi connectivity index (χ1) is 39.6. The van der Waals surface area contributed by atoms with Gasteiger partial charge in [-0.2, -0.15) is 0 Å². The van der Waals surface area contributed by atoms with Gasteiger partial charge in [0.05, 0.1) is 35.3 Å². The van der Waals surface area contributed by atoms with E-state index in [-0.39, 0.29) is 63.4 Å². The van der Waals surface area contributed by atoms with Gasteiger partial charge in [-0.3, -0.25) is 24.6 Å². The first-order valence-corrected chi connectivity index (χ1v) is 29.4. The summed E-state index contributed by atoms with van der Waals surface area (Å²) in [7, 11) is 0. The molecule has 0 aliphatic carbocycles. The van der Waals surface area contributed by atoms with Crippen LogP contribution in [0.1, 0.15) is 117 Å². The quantitative estimate of drug-likeness (QED) is 0.0169. The standard InChI is InChI=1S/C34H39N3O3.C27H27N3O3.C7H13Br.2Ni/c1-2-3-4-5-12-22-30(34(39)40)35-32(27-18-10-7-11-19-27)28-20-13-14-21-29(28)36-33(38)31-23-15-24-37(31)25-26-16-8-6-9-17-26;31-25(32)18-28-26(21-12-5-2-6-13-21)22-14-7-8-15-23(22)29-27(33)24-16-9-17-30(24)19-20-10-3-1-4-11-20;1-2-3-4-5-6-7-8;;/h2,6-11,13-14,16-21,30-31H,1,3-5,12,15,22-25H2,(H2,35,36,38,39,40);1-8,10-15,24H,9,16-19H2,(H2,28,29,31,32,33);2H,1,3-7H2;;/p-2/t30-,31-;24-;;;/m00.../s1. The molecule has 2 heterocycles. The Hall–Kier alpha value is -6.59. The number of carboxylic acids is 2. The van der Waals surface area contributed by atoms with E-state index in [1.807, 2.05) is 152 Å². The van der Waals surface area contributed by atoms with Crippen LogP contribution in [0.5, 0.6) is 0 Å². The summed E-state index contributed by atoms with van der Waals surface area (Å²) in [6, 6.07) is 52.5. The van der Waals surface area contributed by atoms with E-state index < -0.39 is 18.0 Å². The normalized spacial score (nSPS) is 15.3. The molecule has 6 aromatic rings. The van der Waals surface area contributed by atoms with Gasteiger partial charge in [-0.05, 0) is 99.6 Å². The third-order valence-corrected chi connectivity index (χ3v) is 14.6. The van der Waals surface area contributed by atoms with Crippen molar-refractivity contribution in [3.05, 3.63) is 239 Å². The topological polar surface area (TPSA) is 168 Å². The van der Waals surface area contributed by atoms with Gasteiger partial charge in [0.15, 0.2) is 0 Å². The van der Waals surface area contributed by atoms with Crippen LogP contribution in [0, 0.1) is 0 Å². The minimum Gasteiger partial charge on any atom is -0.625 e. The number of carboxylic acid groups (broad SMARTS) is 2. The van der Waals surface area contributed by atoms with Crippen molar-refractivity contribution in [3.8, 4) is 0 Å². The van der Waals surface area contributed by atoms with E-state index in [4.69, 9.17) is 4.99 Å². The van der Waals surface area contributed by atoms with Gasteiger partial charge in [0, 0.05) is 62.5 Å². The van der Waals surface area contributed by atoms with E-state index in [2.05, 4.69) is 78.8 Å². The van der Waals surface area contributed by atoms with Crippen molar-refractivity contribution in [1.29, 1.82) is 0 Å². The van der Waals surface area contributed by atoms with Gasteiger partial charge in [0.25, 0.3) is 0 Å². The molecule has 0 unspecified atom stereocenters. The van der Waals surface area contributed by atoms with Crippen LogP contribution in [-0.2, 0) is 65.3 Å². The van der Waals surface area contributed by atoms with Crippen LogP contribution in [0.3, 0.4) is 0 Å². The van der Waals surface area contributed by atoms with Crippen molar-refractivity contribution in [2.45, 2.75) is 115 Å². The Morgan fingerprint density at radius 1 is 0.554 bits per heavy atom. The molecule has 8 rings (SSSR count). The first kappa shape index (κ1) is 68.9. The number of allylic oxidation sites excluding steroid dienone is 2. The minimum atomic E-state index is -1.02. The zero-order chi connectivity index (χ0) is 57.4. The molecular formula is C68H77BrN6Ni2O6-2. The van der Waals surface area contributed by atoms with Crippen LogP contribution in [0.15, 0.2) is 205 Å². The second kappa shape index (κ2) is 39.0. The molecule has 2 saturated heterocycles. The Morgan fingerprint density at radius 3 is 1.40 bits per heavy atom. The Balaban J connectivity index is 0.000000312. The van der Waals surface area contributed by atoms with Crippen molar-refractivity contribution < 1.29 is 62.4 Å². The summed E-state index contributed by atoms with van der Waals surface area (Å²) in [6.07, 6.45) is 16.4. The molecule has 444 valence electrons. The number of carbonyl (C=O) groups is 4. The Morgan fingerprint density at radius 2 is 0.964 bits per heavy atom. The molecule has 0 spiro atoms. The second-order valence-corrected chi connectivity index (χ2v) is 20.8. The smallest absolute Gasteiger partial charge is 0.328 e. The van der Waals surface area contributed by atoms with Gasteiger partial charge in [-0.1, -0.05) is 217 Å². The number of nitrogens with zero attached hydrogens (tertiary/aromatic N) is 6.